The molecular formula is C37H46N6O5S2. The number of hydrogen-bond donors (Lipinski definition) is 3. The lowest BCUT2D eigenvalue weighted by molar-refractivity contribution is -0.123. The summed E-state index contributed by atoms with van der Waals surface area (Å²) in [6.07, 6.45) is 3.32. The van der Waals surface area contributed by atoms with Gasteiger partial charge in [0.2, 0.25) is 0 Å². The minimum Gasteiger partial charge on any atom is -0.499 e. The first-order valence-electron chi connectivity index (χ1n) is 16.5. The SMILES string of the molecule is C=C(OC)[C@H](NC(=O)N(C)Cc1csc(C(C)C)n1)C(=O)N[C@H](CC[C@H](Cc1ccccc1)NC(=O)OCc1cncs1)Cc1ccccc1. The third-order valence-electron chi connectivity index (χ3n) is 7.93. The number of benzene rings is 2. The summed E-state index contributed by atoms with van der Waals surface area (Å²) in [7, 11) is 3.06. The van der Waals surface area contributed by atoms with E-state index in [9.17, 15) is 14.4 Å². The molecule has 266 valence electrons. The highest BCUT2D eigenvalue weighted by Gasteiger charge is 2.29. The Morgan fingerprint density at radius 1 is 0.900 bits per heavy atom. The summed E-state index contributed by atoms with van der Waals surface area (Å²) in [6, 6.07) is 17.5. The number of hydrogen-bond acceptors (Lipinski definition) is 9. The van der Waals surface area contributed by atoms with Gasteiger partial charge in [0.25, 0.3) is 5.91 Å². The predicted molar refractivity (Wildman–Crippen MR) is 197 cm³/mol. The Bertz CT molecular complexity index is 1650. The molecule has 0 radical (unpaired) electrons. The Kier molecular flexibility index (Phi) is 14.8. The van der Waals surface area contributed by atoms with E-state index in [0.717, 1.165) is 26.7 Å². The van der Waals surface area contributed by atoms with E-state index in [1.807, 2.05) is 66.0 Å². The van der Waals surface area contributed by atoms with Gasteiger partial charge in [-0.2, -0.15) is 0 Å². The molecule has 2 aromatic carbocycles. The van der Waals surface area contributed by atoms with Crippen molar-refractivity contribution < 1.29 is 23.9 Å². The lowest BCUT2D eigenvalue weighted by atomic mass is 9.95. The molecule has 50 heavy (non-hydrogen) atoms. The maximum absolute atomic E-state index is 13.9. The molecule has 4 amide bonds. The van der Waals surface area contributed by atoms with Gasteiger partial charge in [0.05, 0.1) is 34.7 Å². The summed E-state index contributed by atoms with van der Waals surface area (Å²) in [4.78, 5) is 51.0. The number of methoxy groups -OCH3 is 1. The number of nitrogens with zero attached hydrogens (tertiary/aromatic N) is 3. The number of alkyl carbamates (subject to hydrolysis) is 1. The molecule has 0 bridgehead atoms. The van der Waals surface area contributed by atoms with Crippen LogP contribution in [0.3, 0.4) is 0 Å². The normalized spacial score (nSPS) is 12.7. The van der Waals surface area contributed by atoms with Crippen LogP contribution in [-0.2, 0) is 40.3 Å². The monoisotopic (exact) mass is 718 g/mol. The van der Waals surface area contributed by atoms with E-state index in [1.54, 1.807) is 30.1 Å². The van der Waals surface area contributed by atoms with Crippen LogP contribution in [0.15, 0.2) is 90.1 Å². The molecule has 3 N–H and O–H groups in total. The average Bonchev–Trinajstić information content (AvgIpc) is 3.82. The molecule has 0 unspecified atom stereocenters. The van der Waals surface area contributed by atoms with Gasteiger partial charge in [-0.1, -0.05) is 81.1 Å². The molecule has 11 nitrogen and oxygen atoms in total. The smallest absolute Gasteiger partial charge is 0.407 e. The zero-order chi connectivity index (χ0) is 35.9. The zero-order valence-corrected chi connectivity index (χ0v) is 30.6. The van der Waals surface area contributed by atoms with Gasteiger partial charge in [0, 0.05) is 36.6 Å². The van der Waals surface area contributed by atoms with Crippen molar-refractivity contribution in [2.75, 3.05) is 14.2 Å². The van der Waals surface area contributed by atoms with Crippen molar-refractivity contribution >= 4 is 40.7 Å². The fourth-order valence-electron chi connectivity index (χ4n) is 5.21. The van der Waals surface area contributed by atoms with Crippen LogP contribution in [0, 0.1) is 0 Å². The Morgan fingerprint density at radius 2 is 1.52 bits per heavy atom. The fraction of sp³-hybridized carbons (Fsp3) is 0.378. The molecule has 0 saturated carbocycles. The van der Waals surface area contributed by atoms with Crippen LogP contribution in [0.4, 0.5) is 9.59 Å². The molecule has 0 fully saturated rings. The Morgan fingerprint density at radius 3 is 2.06 bits per heavy atom. The van der Waals surface area contributed by atoms with Crippen molar-refractivity contribution in [3.63, 3.8) is 0 Å². The van der Waals surface area contributed by atoms with E-state index in [0.29, 0.717) is 31.6 Å². The number of ether oxygens (including phenoxy) is 2. The van der Waals surface area contributed by atoms with E-state index in [4.69, 9.17) is 9.47 Å². The van der Waals surface area contributed by atoms with E-state index < -0.39 is 24.1 Å². The first-order valence-corrected chi connectivity index (χ1v) is 18.2. The minimum absolute atomic E-state index is 0.103. The number of amides is 4. The molecule has 3 atom stereocenters. The Balaban J connectivity index is 1.45. The van der Waals surface area contributed by atoms with Crippen molar-refractivity contribution in [2.45, 2.75) is 76.7 Å². The fourth-order valence-corrected chi connectivity index (χ4v) is 6.54. The number of rotatable bonds is 18. The molecular weight excluding hydrogens is 673 g/mol. The highest BCUT2D eigenvalue weighted by Crippen LogP contribution is 2.20. The van der Waals surface area contributed by atoms with Crippen molar-refractivity contribution in [1.29, 1.82) is 0 Å². The highest BCUT2D eigenvalue weighted by molar-refractivity contribution is 7.09. The minimum atomic E-state index is -1.14. The summed E-state index contributed by atoms with van der Waals surface area (Å²) in [5.41, 5.74) is 4.56. The second kappa shape index (κ2) is 19.4. The maximum atomic E-state index is 13.9. The Labute approximate surface area is 302 Å². The number of urea groups is 1. The zero-order valence-electron chi connectivity index (χ0n) is 29.0. The summed E-state index contributed by atoms with van der Waals surface area (Å²) in [5, 5.41) is 11.9. The third kappa shape index (κ3) is 12.3. The topological polar surface area (TPSA) is 135 Å². The van der Waals surface area contributed by atoms with Crippen LogP contribution in [0.2, 0.25) is 0 Å². The average molecular weight is 719 g/mol. The van der Waals surface area contributed by atoms with Gasteiger partial charge in [0.1, 0.15) is 12.4 Å². The lowest BCUT2D eigenvalue weighted by Crippen LogP contribution is -2.53. The van der Waals surface area contributed by atoms with Gasteiger partial charge in [-0.15, -0.1) is 22.7 Å². The van der Waals surface area contributed by atoms with Crippen LogP contribution >= 0.6 is 22.7 Å². The van der Waals surface area contributed by atoms with Crippen molar-refractivity contribution in [3.05, 3.63) is 117 Å². The second-order valence-corrected chi connectivity index (χ2v) is 14.1. The van der Waals surface area contributed by atoms with E-state index in [1.165, 1.54) is 23.3 Å². The standard InChI is InChI=1S/C37H46N6O5S2/c1-25(2)35-40-31(23-49-35)21-43(4)36(45)42-33(26(3)47-5)34(44)39-29(18-27-12-8-6-9-13-27)16-17-30(19-28-14-10-7-11-15-28)41-37(46)48-22-32-20-38-24-50-32/h6-15,20,23-25,29-30,33H,3,16-19,21-22H2,1-2,4-5H3,(H,39,44)(H,41,46)(H,42,45)/t29-,30-,33+/m1/s1. The van der Waals surface area contributed by atoms with Gasteiger partial charge in [-0.25, -0.2) is 14.6 Å². The number of thiazole rings is 2. The largest absolute Gasteiger partial charge is 0.499 e. The molecule has 4 rings (SSSR count). The maximum Gasteiger partial charge on any atom is 0.407 e. The van der Waals surface area contributed by atoms with Crippen LogP contribution in [-0.4, -0.2) is 65.2 Å². The van der Waals surface area contributed by atoms with Gasteiger partial charge >= 0.3 is 12.1 Å². The van der Waals surface area contributed by atoms with Crippen LogP contribution in [0.1, 0.15) is 59.3 Å². The second-order valence-electron chi connectivity index (χ2n) is 12.3. The van der Waals surface area contributed by atoms with Crippen molar-refractivity contribution in [2.24, 2.45) is 0 Å². The van der Waals surface area contributed by atoms with Gasteiger partial charge in [-0.05, 0) is 36.8 Å². The summed E-state index contributed by atoms with van der Waals surface area (Å²) in [5.74, 6) is -0.0557. The van der Waals surface area contributed by atoms with E-state index in [2.05, 4.69) is 46.3 Å². The summed E-state index contributed by atoms with van der Waals surface area (Å²) < 4.78 is 10.8. The van der Waals surface area contributed by atoms with Crippen LogP contribution < -0.4 is 16.0 Å². The molecule has 0 saturated heterocycles. The molecule has 0 aliphatic carbocycles. The molecule has 0 aliphatic rings. The van der Waals surface area contributed by atoms with Crippen LogP contribution in [0.25, 0.3) is 0 Å². The van der Waals surface area contributed by atoms with E-state index in [-0.39, 0.29) is 31.0 Å². The molecule has 13 heteroatoms. The third-order valence-corrected chi connectivity index (χ3v) is 9.88. The molecule has 4 aromatic rings. The Hall–Kier alpha value is -4.75. The summed E-state index contributed by atoms with van der Waals surface area (Å²) in [6.45, 7) is 8.46. The van der Waals surface area contributed by atoms with Crippen molar-refractivity contribution in [3.8, 4) is 0 Å². The molecule has 2 aromatic heterocycles. The lowest BCUT2D eigenvalue weighted by Gasteiger charge is -2.27. The molecule has 2 heterocycles. The number of carbonyl (C=O) groups excluding carboxylic acids is 3. The summed E-state index contributed by atoms with van der Waals surface area (Å²) >= 11 is 2.98. The predicted octanol–water partition coefficient (Wildman–Crippen LogP) is 6.44. The van der Waals surface area contributed by atoms with Gasteiger partial charge < -0.3 is 30.3 Å². The van der Waals surface area contributed by atoms with Crippen LogP contribution in [0.5, 0.6) is 0 Å². The molecule has 0 aliphatic heterocycles. The first-order chi connectivity index (χ1) is 24.1. The van der Waals surface area contributed by atoms with E-state index >= 15 is 0 Å². The van der Waals surface area contributed by atoms with Crippen molar-refractivity contribution in [1.82, 2.24) is 30.8 Å². The first kappa shape index (κ1) is 38.1. The van der Waals surface area contributed by atoms with Gasteiger partial charge in [0.15, 0.2) is 6.04 Å². The van der Waals surface area contributed by atoms with Gasteiger partial charge in [-0.3, -0.25) is 9.78 Å². The quantitative estimate of drug-likeness (QED) is 0.101. The molecule has 0 spiro atoms. The number of nitrogens with one attached hydrogen (secondary N) is 3. The highest BCUT2D eigenvalue weighted by atomic mass is 32.1. The number of carbonyl (C=O) groups is 3. The number of aromatic nitrogens is 2.